The highest BCUT2D eigenvalue weighted by Crippen LogP contribution is 2.24. The molecule has 1 saturated heterocycles. The first-order valence-corrected chi connectivity index (χ1v) is 8.71. The largest absolute Gasteiger partial charge is 0.376 e. The molecule has 1 aromatic heterocycles. The van der Waals surface area contributed by atoms with Gasteiger partial charge in [-0.25, -0.2) is 9.78 Å². The van der Waals surface area contributed by atoms with Crippen LogP contribution in [0.25, 0.3) is 10.2 Å². The number of hydrogen-bond acceptors (Lipinski definition) is 6. The number of amides is 4. The summed E-state index contributed by atoms with van der Waals surface area (Å²) in [4.78, 5) is 40.6. The second kappa shape index (κ2) is 6.32. The second-order valence-corrected chi connectivity index (χ2v) is 7.30. The Morgan fingerprint density at radius 1 is 1.40 bits per heavy atom. The Bertz CT molecular complexity index is 865. The lowest BCUT2D eigenvalue weighted by molar-refractivity contribution is -0.138. The SMILES string of the molecule is CCC1(C)NC(=O)N(NC(=O)CNc2ccc3nc(C)sc3c2)C1=O. The minimum absolute atomic E-state index is 0.0663. The maximum atomic E-state index is 12.2. The molecule has 1 fully saturated rings. The average molecular weight is 361 g/mol. The third-order valence-electron chi connectivity index (χ3n) is 4.15. The van der Waals surface area contributed by atoms with Crippen molar-refractivity contribution >= 4 is 45.1 Å². The summed E-state index contributed by atoms with van der Waals surface area (Å²) < 4.78 is 1.02. The standard InChI is InChI=1S/C16H19N5O3S/c1-4-16(3)14(23)21(15(24)19-16)20-13(22)8-17-10-5-6-11-12(7-10)25-9(2)18-11/h5-7,17H,4,8H2,1-3H3,(H,19,24)(H,20,22). The van der Waals surface area contributed by atoms with E-state index in [0.717, 1.165) is 25.9 Å². The Hall–Kier alpha value is -2.68. The first-order valence-electron chi connectivity index (χ1n) is 7.89. The van der Waals surface area contributed by atoms with Gasteiger partial charge in [0.2, 0.25) is 0 Å². The maximum Gasteiger partial charge on any atom is 0.344 e. The summed E-state index contributed by atoms with van der Waals surface area (Å²) in [6.07, 6.45) is 0.441. The normalized spacial score (nSPS) is 20.0. The van der Waals surface area contributed by atoms with Crippen LogP contribution in [0.4, 0.5) is 10.5 Å². The van der Waals surface area contributed by atoms with Crippen LogP contribution in [0.2, 0.25) is 0 Å². The Morgan fingerprint density at radius 3 is 2.84 bits per heavy atom. The first-order chi connectivity index (χ1) is 11.8. The Morgan fingerprint density at radius 2 is 2.16 bits per heavy atom. The van der Waals surface area contributed by atoms with Crippen molar-refractivity contribution in [1.29, 1.82) is 0 Å². The number of rotatable bonds is 5. The van der Waals surface area contributed by atoms with Crippen molar-refractivity contribution in [2.24, 2.45) is 0 Å². The highest BCUT2D eigenvalue weighted by atomic mass is 32.1. The lowest BCUT2D eigenvalue weighted by atomic mass is 10.00. The molecule has 8 nitrogen and oxygen atoms in total. The second-order valence-electron chi connectivity index (χ2n) is 6.06. The van der Waals surface area contributed by atoms with E-state index in [9.17, 15) is 14.4 Å². The van der Waals surface area contributed by atoms with Crippen LogP contribution >= 0.6 is 11.3 Å². The van der Waals surface area contributed by atoms with Crippen LogP contribution in [0, 0.1) is 6.92 Å². The summed E-state index contributed by atoms with van der Waals surface area (Å²) in [5.74, 6) is -0.945. The molecular weight excluding hydrogens is 342 g/mol. The number of aryl methyl sites for hydroxylation is 1. The predicted octanol–water partition coefficient (Wildman–Crippen LogP) is 1.77. The Labute approximate surface area is 148 Å². The molecule has 2 heterocycles. The number of carbonyl (C=O) groups is 3. The molecule has 1 aromatic carbocycles. The fourth-order valence-corrected chi connectivity index (χ4v) is 3.39. The van der Waals surface area contributed by atoms with E-state index in [0.29, 0.717) is 6.42 Å². The number of anilines is 1. The molecule has 25 heavy (non-hydrogen) atoms. The van der Waals surface area contributed by atoms with Crippen LogP contribution in [-0.4, -0.2) is 39.9 Å². The summed E-state index contributed by atoms with van der Waals surface area (Å²) in [6.45, 7) is 5.29. The van der Waals surface area contributed by atoms with Gasteiger partial charge in [-0.05, 0) is 38.5 Å². The number of benzene rings is 1. The zero-order valence-corrected chi connectivity index (χ0v) is 15.0. The van der Waals surface area contributed by atoms with Crippen molar-refractivity contribution in [1.82, 2.24) is 20.7 Å². The van der Waals surface area contributed by atoms with E-state index in [-0.39, 0.29) is 6.54 Å². The van der Waals surface area contributed by atoms with Crippen LogP contribution in [-0.2, 0) is 9.59 Å². The van der Waals surface area contributed by atoms with Gasteiger partial charge in [0.1, 0.15) is 5.54 Å². The van der Waals surface area contributed by atoms with Crippen LogP contribution in [0.1, 0.15) is 25.3 Å². The molecule has 2 aromatic rings. The number of nitrogens with one attached hydrogen (secondary N) is 3. The molecule has 4 amide bonds. The predicted molar refractivity (Wildman–Crippen MR) is 95.1 cm³/mol. The van der Waals surface area contributed by atoms with Crippen molar-refractivity contribution in [2.45, 2.75) is 32.7 Å². The van der Waals surface area contributed by atoms with Crippen molar-refractivity contribution < 1.29 is 14.4 Å². The van der Waals surface area contributed by atoms with Crippen LogP contribution < -0.4 is 16.1 Å². The van der Waals surface area contributed by atoms with Gasteiger partial charge < -0.3 is 10.6 Å². The molecule has 3 N–H and O–H groups in total. The molecule has 9 heteroatoms. The van der Waals surface area contributed by atoms with Gasteiger partial charge in [0.25, 0.3) is 11.8 Å². The number of thiazole rings is 1. The van der Waals surface area contributed by atoms with E-state index in [4.69, 9.17) is 0 Å². The molecule has 3 rings (SSSR count). The van der Waals surface area contributed by atoms with E-state index in [1.165, 1.54) is 0 Å². The van der Waals surface area contributed by atoms with E-state index in [1.807, 2.05) is 25.1 Å². The summed E-state index contributed by atoms with van der Waals surface area (Å²) in [5, 5.41) is 7.27. The molecule has 0 spiro atoms. The minimum Gasteiger partial charge on any atom is -0.376 e. The monoisotopic (exact) mass is 361 g/mol. The molecule has 0 saturated carbocycles. The topological polar surface area (TPSA) is 103 Å². The highest BCUT2D eigenvalue weighted by molar-refractivity contribution is 7.18. The molecule has 0 bridgehead atoms. The third-order valence-corrected chi connectivity index (χ3v) is 5.09. The zero-order chi connectivity index (χ0) is 18.2. The molecule has 132 valence electrons. The van der Waals surface area contributed by atoms with Crippen molar-refractivity contribution in [2.75, 3.05) is 11.9 Å². The van der Waals surface area contributed by atoms with Gasteiger partial charge in [-0.1, -0.05) is 6.92 Å². The summed E-state index contributed by atoms with van der Waals surface area (Å²) >= 11 is 1.57. The maximum absolute atomic E-state index is 12.2. The molecule has 0 radical (unpaired) electrons. The highest BCUT2D eigenvalue weighted by Gasteiger charge is 2.47. The summed E-state index contributed by atoms with van der Waals surface area (Å²) in [7, 11) is 0. The van der Waals surface area contributed by atoms with Crippen LogP contribution in [0.3, 0.4) is 0 Å². The number of hydrazine groups is 1. The van der Waals surface area contributed by atoms with Crippen molar-refractivity contribution in [3.63, 3.8) is 0 Å². The third kappa shape index (κ3) is 3.27. The van der Waals surface area contributed by atoms with E-state index < -0.39 is 23.4 Å². The van der Waals surface area contributed by atoms with Gasteiger partial charge in [0.05, 0.1) is 21.8 Å². The molecular formula is C16H19N5O3S. The fraction of sp³-hybridized carbons (Fsp3) is 0.375. The number of imide groups is 1. The van der Waals surface area contributed by atoms with Gasteiger partial charge in [-0.15, -0.1) is 11.3 Å². The number of carbonyl (C=O) groups excluding carboxylic acids is 3. The minimum atomic E-state index is -0.979. The van der Waals surface area contributed by atoms with E-state index in [1.54, 1.807) is 25.2 Å². The van der Waals surface area contributed by atoms with E-state index >= 15 is 0 Å². The summed E-state index contributed by atoms with van der Waals surface area (Å²) in [6, 6.07) is 5.00. The van der Waals surface area contributed by atoms with Gasteiger partial charge in [0, 0.05) is 5.69 Å². The van der Waals surface area contributed by atoms with Crippen molar-refractivity contribution in [3.05, 3.63) is 23.2 Å². The molecule has 1 aliphatic heterocycles. The number of aromatic nitrogens is 1. The number of urea groups is 1. The van der Waals surface area contributed by atoms with Gasteiger partial charge in [-0.2, -0.15) is 5.01 Å². The molecule has 1 atom stereocenters. The smallest absolute Gasteiger partial charge is 0.344 e. The van der Waals surface area contributed by atoms with Gasteiger partial charge in [0.15, 0.2) is 0 Å². The number of hydrogen-bond donors (Lipinski definition) is 3. The van der Waals surface area contributed by atoms with Crippen LogP contribution in [0.15, 0.2) is 18.2 Å². The Kier molecular flexibility index (Phi) is 4.34. The molecule has 1 unspecified atom stereocenters. The fourth-order valence-electron chi connectivity index (χ4n) is 2.52. The number of fused-ring (bicyclic) bond motifs is 1. The number of nitrogens with zero attached hydrogens (tertiary/aromatic N) is 2. The molecule has 0 aliphatic carbocycles. The first kappa shape index (κ1) is 17.2. The lowest BCUT2D eigenvalue weighted by Crippen LogP contribution is -2.50. The quantitative estimate of drug-likeness (QED) is 0.704. The van der Waals surface area contributed by atoms with E-state index in [2.05, 4.69) is 21.0 Å². The van der Waals surface area contributed by atoms with Crippen molar-refractivity contribution in [3.8, 4) is 0 Å². The zero-order valence-electron chi connectivity index (χ0n) is 14.2. The lowest BCUT2D eigenvalue weighted by Gasteiger charge is -2.19. The van der Waals surface area contributed by atoms with Gasteiger partial charge in [-0.3, -0.25) is 15.0 Å². The Balaban J connectivity index is 1.60. The van der Waals surface area contributed by atoms with Gasteiger partial charge >= 0.3 is 6.03 Å². The van der Waals surface area contributed by atoms with Crippen LogP contribution in [0.5, 0.6) is 0 Å². The average Bonchev–Trinajstić information content (AvgIpc) is 3.04. The summed E-state index contributed by atoms with van der Waals surface area (Å²) in [5.41, 5.74) is 3.04. The molecule has 1 aliphatic rings.